The van der Waals surface area contributed by atoms with Crippen LogP contribution in [0.5, 0.6) is 5.75 Å². The molecule has 1 fully saturated rings. The van der Waals surface area contributed by atoms with Crippen LogP contribution in [0.1, 0.15) is 45.5 Å². The minimum Gasteiger partial charge on any atom is -0.481 e. The Morgan fingerprint density at radius 3 is 2.44 bits per heavy atom. The standard InChI is InChI=1S/C22H23NO4/c1-14-9-17(10-15(2)20(14)27-12-19(24)25)21(26)23-11-16-5-3-4-6-18(16)22(13-23)7-8-22/h3-6,9-10H,7-8,11-13H2,1-2H3,(H,24,25). The van der Waals surface area contributed by atoms with Gasteiger partial charge in [0.15, 0.2) is 6.61 Å². The summed E-state index contributed by atoms with van der Waals surface area (Å²) in [6.45, 7) is 4.69. The largest absolute Gasteiger partial charge is 0.481 e. The van der Waals surface area contributed by atoms with Crippen LogP contribution >= 0.6 is 0 Å². The Bertz CT molecular complexity index is 907. The number of aliphatic carboxylic acids is 1. The zero-order valence-corrected chi connectivity index (χ0v) is 15.6. The van der Waals surface area contributed by atoms with Crippen LogP contribution in [0.2, 0.25) is 0 Å². The first kappa shape index (κ1) is 17.6. The molecule has 1 saturated carbocycles. The average molecular weight is 365 g/mol. The molecule has 140 valence electrons. The third kappa shape index (κ3) is 3.18. The lowest BCUT2D eigenvalue weighted by Crippen LogP contribution is -2.41. The lowest BCUT2D eigenvalue weighted by atomic mass is 9.86. The number of hydrogen-bond donors (Lipinski definition) is 1. The van der Waals surface area contributed by atoms with Gasteiger partial charge in [0.25, 0.3) is 5.91 Å². The van der Waals surface area contributed by atoms with Crippen molar-refractivity contribution < 1.29 is 19.4 Å². The van der Waals surface area contributed by atoms with Gasteiger partial charge in [0.2, 0.25) is 0 Å². The van der Waals surface area contributed by atoms with E-state index in [9.17, 15) is 9.59 Å². The van der Waals surface area contributed by atoms with E-state index >= 15 is 0 Å². The molecule has 5 heteroatoms. The van der Waals surface area contributed by atoms with Crippen molar-refractivity contribution in [2.75, 3.05) is 13.2 Å². The Labute approximate surface area is 158 Å². The van der Waals surface area contributed by atoms with Gasteiger partial charge >= 0.3 is 5.97 Å². The summed E-state index contributed by atoms with van der Waals surface area (Å²) in [7, 11) is 0. The highest BCUT2D eigenvalue weighted by Gasteiger charge is 2.49. The van der Waals surface area contributed by atoms with Gasteiger partial charge < -0.3 is 14.7 Å². The van der Waals surface area contributed by atoms with E-state index in [0.29, 0.717) is 17.9 Å². The summed E-state index contributed by atoms with van der Waals surface area (Å²) >= 11 is 0. The van der Waals surface area contributed by atoms with Crippen LogP contribution in [0.4, 0.5) is 0 Å². The van der Waals surface area contributed by atoms with Gasteiger partial charge in [-0.05, 0) is 61.1 Å². The number of carboxylic acids is 1. The molecule has 27 heavy (non-hydrogen) atoms. The number of benzene rings is 2. The fourth-order valence-electron chi connectivity index (χ4n) is 4.23. The molecule has 5 nitrogen and oxygen atoms in total. The smallest absolute Gasteiger partial charge is 0.341 e. The zero-order chi connectivity index (χ0) is 19.2. The Morgan fingerprint density at radius 1 is 1.15 bits per heavy atom. The maximum Gasteiger partial charge on any atom is 0.341 e. The highest BCUT2D eigenvalue weighted by atomic mass is 16.5. The van der Waals surface area contributed by atoms with Gasteiger partial charge in [0.05, 0.1) is 0 Å². The van der Waals surface area contributed by atoms with Crippen LogP contribution in [-0.4, -0.2) is 35.0 Å². The number of rotatable bonds is 4. The molecular formula is C22H23NO4. The number of nitrogens with zero attached hydrogens (tertiary/aromatic N) is 1. The van der Waals surface area contributed by atoms with Crippen LogP contribution in [0.3, 0.4) is 0 Å². The number of hydrogen-bond acceptors (Lipinski definition) is 3. The van der Waals surface area contributed by atoms with Crippen molar-refractivity contribution in [2.24, 2.45) is 0 Å². The molecule has 1 aliphatic heterocycles. The maximum absolute atomic E-state index is 13.2. The van der Waals surface area contributed by atoms with E-state index in [1.807, 2.05) is 24.8 Å². The summed E-state index contributed by atoms with van der Waals surface area (Å²) in [6, 6.07) is 12.0. The molecule has 2 aromatic carbocycles. The first-order chi connectivity index (χ1) is 12.9. The van der Waals surface area contributed by atoms with E-state index in [1.165, 1.54) is 11.1 Å². The van der Waals surface area contributed by atoms with E-state index in [2.05, 4.69) is 18.2 Å². The molecule has 0 saturated heterocycles. The summed E-state index contributed by atoms with van der Waals surface area (Å²) < 4.78 is 5.37. The van der Waals surface area contributed by atoms with Crippen LogP contribution < -0.4 is 4.74 Å². The number of amides is 1. The second-order valence-electron chi connectivity index (χ2n) is 7.72. The Morgan fingerprint density at radius 2 is 1.81 bits per heavy atom. The van der Waals surface area contributed by atoms with Crippen molar-refractivity contribution in [3.8, 4) is 5.75 Å². The molecule has 1 N–H and O–H groups in total. The second-order valence-corrected chi connectivity index (χ2v) is 7.72. The topological polar surface area (TPSA) is 66.8 Å². The normalized spacial score (nSPS) is 16.7. The first-order valence-corrected chi connectivity index (χ1v) is 9.23. The maximum atomic E-state index is 13.2. The molecule has 0 radical (unpaired) electrons. The summed E-state index contributed by atoms with van der Waals surface area (Å²) in [4.78, 5) is 25.9. The van der Waals surface area contributed by atoms with E-state index in [0.717, 1.165) is 30.5 Å². The predicted molar refractivity (Wildman–Crippen MR) is 101 cm³/mol. The van der Waals surface area contributed by atoms with Crippen LogP contribution in [0.25, 0.3) is 0 Å². The molecule has 0 bridgehead atoms. The number of carbonyl (C=O) groups is 2. The first-order valence-electron chi connectivity index (χ1n) is 9.23. The molecule has 2 aliphatic rings. The Kier molecular flexibility index (Phi) is 4.17. The fraction of sp³-hybridized carbons (Fsp3) is 0.364. The molecule has 1 aliphatic carbocycles. The third-order valence-corrected chi connectivity index (χ3v) is 5.63. The Hall–Kier alpha value is -2.82. The van der Waals surface area contributed by atoms with E-state index in [4.69, 9.17) is 9.84 Å². The molecule has 1 amide bonds. The zero-order valence-electron chi connectivity index (χ0n) is 15.6. The fourth-order valence-corrected chi connectivity index (χ4v) is 4.23. The van der Waals surface area contributed by atoms with Crippen LogP contribution in [0.15, 0.2) is 36.4 Å². The quantitative estimate of drug-likeness (QED) is 0.901. The van der Waals surface area contributed by atoms with Gasteiger partial charge in [0, 0.05) is 24.1 Å². The summed E-state index contributed by atoms with van der Waals surface area (Å²) in [5.41, 5.74) is 4.96. The van der Waals surface area contributed by atoms with Gasteiger partial charge in [-0.2, -0.15) is 0 Å². The molecule has 0 atom stereocenters. The van der Waals surface area contributed by atoms with Crippen molar-refractivity contribution in [1.82, 2.24) is 4.90 Å². The van der Waals surface area contributed by atoms with Gasteiger partial charge in [0.1, 0.15) is 5.75 Å². The monoisotopic (exact) mass is 365 g/mol. The van der Waals surface area contributed by atoms with Crippen molar-refractivity contribution in [3.63, 3.8) is 0 Å². The number of fused-ring (bicyclic) bond motifs is 2. The van der Waals surface area contributed by atoms with Gasteiger partial charge in [-0.15, -0.1) is 0 Å². The van der Waals surface area contributed by atoms with Crippen molar-refractivity contribution in [1.29, 1.82) is 0 Å². The molecule has 0 unspecified atom stereocenters. The molecule has 1 heterocycles. The number of aryl methyl sites for hydroxylation is 2. The van der Waals surface area contributed by atoms with Crippen molar-refractivity contribution in [2.45, 2.75) is 38.6 Å². The van der Waals surface area contributed by atoms with Gasteiger partial charge in [-0.1, -0.05) is 24.3 Å². The molecule has 1 spiro atoms. The predicted octanol–water partition coefficient (Wildman–Crippen LogP) is 3.45. The minimum absolute atomic E-state index is 0.0202. The molecule has 0 aromatic heterocycles. The van der Waals surface area contributed by atoms with Crippen molar-refractivity contribution >= 4 is 11.9 Å². The lowest BCUT2D eigenvalue weighted by Gasteiger charge is -2.35. The minimum atomic E-state index is -1.02. The van der Waals surface area contributed by atoms with Gasteiger partial charge in [-0.3, -0.25) is 4.79 Å². The number of carbonyl (C=O) groups excluding carboxylic acids is 1. The van der Waals surface area contributed by atoms with Crippen molar-refractivity contribution in [3.05, 3.63) is 64.2 Å². The molecule has 4 rings (SSSR count). The SMILES string of the molecule is Cc1cc(C(=O)N2Cc3ccccc3C3(CC3)C2)cc(C)c1OCC(=O)O. The summed E-state index contributed by atoms with van der Waals surface area (Å²) in [6.07, 6.45) is 2.27. The second kappa shape index (κ2) is 6.41. The highest BCUT2D eigenvalue weighted by molar-refractivity contribution is 5.95. The Balaban J connectivity index is 1.60. The number of carboxylic acid groups (broad SMARTS) is 1. The summed E-state index contributed by atoms with van der Waals surface area (Å²) in [5, 5.41) is 8.82. The summed E-state index contributed by atoms with van der Waals surface area (Å²) in [5.74, 6) is -0.459. The lowest BCUT2D eigenvalue weighted by molar-refractivity contribution is -0.139. The van der Waals surface area contributed by atoms with Crippen LogP contribution in [0, 0.1) is 13.8 Å². The van der Waals surface area contributed by atoms with E-state index in [-0.39, 0.29) is 17.9 Å². The number of ether oxygens (including phenoxy) is 1. The van der Waals surface area contributed by atoms with Gasteiger partial charge in [-0.25, -0.2) is 4.79 Å². The van der Waals surface area contributed by atoms with E-state index < -0.39 is 5.97 Å². The van der Waals surface area contributed by atoms with Crippen LogP contribution in [-0.2, 0) is 16.8 Å². The molecular weight excluding hydrogens is 342 g/mol. The average Bonchev–Trinajstić information content (AvgIpc) is 3.40. The molecule has 2 aromatic rings. The third-order valence-electron chi connectivity index (χ3n) is 5.63. The highest BCUT2D eigenvalue weighted by Crippen LogP contribution is 2.52. The van der Waals surface area contributed by atoms with E-state index in [1.54, 1.807) is 12.1 Å².